The molecule has 0 saturated heterocycles. The van der Waals surface area contributed by atoms with Gasteiger partial charge in [-0.2, -0.15) is 14.3 Å². The van der Waals surface area contributed by atoms with Crippen LogP contribution in [0.3, 0.4) is 0 Å². The standard InChI is InChI=1S/C20H18N6O2/c1-14-7-6-10-18(26-20(27)25(2)23-24-26)16(14)13-28-19-21-12-11-17(22-19)15-8-4-3-5-9-15/h3-12H,13H2,1-2H3. The Morgan fingerprint density at radius 3 is 2.57 bits per heavy atom. The van der Waals surface area contributed by atoms with Crippen LogP contribution >= 0.6 is 0 Å². The molecule has 0 amide bonds. The number of hydrogen-bond acceptors (Lipinski definition) is 6. The topological polar surface area (TPSA) is 87.7 Å². The predicted molar refractivity (Wildman–Crippen MR) is 103 cm³/mol. The quantitative estimate of drug-likeness (QED) is 0.533. The minimum Gasteiger partial charge on any atom is -0.458 e. The minimum atomic E-state index is -0.325. The van der Waals surface area contributed by atoms with Crippen molar-refractivity contribution in [3.8, 4) is 23.0 Å². The van der Waals surface area contributed by atoms with Crippen LogP contribution in [0.4, 0.5) is 0 Å². The van der Waals surface area contributed by atoms with Gasteiger partial charge in [0.15, 0.2) is 0 Å². The molecule has 0 unspecified atom stereocenters. The Bertz CT molecular complexity index is 1170. The zero-order valence-corrected chi connectivity index (χ0v) is 15.5. The van der Waals surface area contributed by atoms with Gasteiger partial charge in [-0.25, -0.2) is 9.78 Å². The van der Waals surface area contributed by atoms with Gasteiger partial charge in [-0.3, -0.25) is 0 Å². The fraction of sp³-hybridized carbons (Fsp3) is 0.150. The average Bonchev–Trinajstić information content (AvgIpc) is 3.06. The molecule has 4 aromatic rings. The summed E-state index contributed by atoms with van der Waals surface area (Å²) in [5.74, 6) is 0. The van der Waals surface area contributed by atoms with E-state index in [4.69, 9.17) is 4.74 Å². The molecule has 2 heterocycles. The minimum absolute atomic E-state index is 0.198. The van der Waals surface area contributed by atoms with Crippen LogP contribution in [0, 0.1) is 6.92 Å². The summed E-state index contributed by atoms with van der Waals surface area (Å²) in [4.78, 5) is 20.9. The number of ether oxygens (including phenoxy) is 1. The van der Waals surface area contributed by atoms with Crippen LogP contribution in [0.15, 0.2) is 65.6 Å². The van der Waals surface area contributed by atoms with E-state index in [0.717, 1.165) is 22.4 Å². The molecule has 0 aliphatic rings. The van der Waals surface area contributed by atoms with Crippen molar-refractivity contribution in [3.63, 3.8) is 0 Å². The van der Waals surface area contributed by atoms with Crippen molar-refractivity contribution in [2.75, 3.05) is 0 Å². The SMILES string of the molecule is Cc1cccc(-n2nnn(C)c2=O)c1COc1nccc(-c2ccccc2)n1. The molecular formula is C20H18N6O2. The van der Waals surface area contributed by atoms with E-state index in [-0.39, 0.29) is 18.3 Å². The summed E-state index contributed by atoms with van der Waals surface area (Å²) in [6.45, 7) is 2.15. The van der Waals surface area contributed by atoms with Gasteiger partial charge >= 0.3 is 11.7 Å². The van der Waals surface area contributed by atoms with Crippen LogP contribution in [-0.4, -0.2) is 29.8 Å². The maximum Gasteiger partial charge on any atom is 0.368 e. The summed E-state index contributed by atoms with van der Waals surface area (Å²) in [5.41, 5.74) is 3.85. The predicted octanol–water partition coefficient (Wildman–Crippen LogP) is 2.31. The van der Waals surface area contributed by atoms with Crippen molar-refractivity contribution in [3.05, 3.63) is 82.4 Å². The monoisotopic (exact) mass is 374 g/mol. The molecule has 2 aromatic carbocycles. The van der Waals surface area contributed by atoms with Crippen molar-refractivity contribution in [2.45, 2.75) is 13.5 Å². The van der Waals surface area contributed by atoms with Crippen molar-refractivity contribution < 1.29 is 4.74 Å². The normalized spacial score (nSPS) is 10.8. The van der Waals surface area contributed by atoms with Gasteiger partial charge in [0.05, 0.1) is 11.4 Å². The first-order valence-corrected chi connectivity index (χ1v) is 8.72. The van der Waals surface area contributed by atoms with Gasteiger partial charge in [-0.1, -0.05) is 42.5 Å². The first-order valence-electron chi connectivity index (χ1n) is 8.72. The van der Waals surface area contributed by atoms with Gasteiger partial charge in [0.1, 0.15) is 6.61 Å². The molecule has 0 fully saturated rings. The second-order valence-corrected chi connectivity index (χ2v) is 6.25. The molecule has 0 bridgehead atoms. The first kappa shape index (κ1) is 17.6. The van der Waals surface area contributed by atoms with Crippen molar-refractivity contribution in [1.29, 1.82) is 0 Å². The molecule has 0 aliphatic heterocycles. The lowest BCUT2D eigenvalue weighted by Gasteiger charge is -2.12. The largest absolute Gasteiger partial charge is 0.458 e. The molecule has 8 nitrogen and oxygen atoms in total. The van der Waals surface area contributed by atoms with Crippen LogP contribution in [0.5, 0.6) is 6.01 Å². The van der Waals surface area contributed by atoms with Gasteiger partial charge in [0.25, 0.3) is 0 Å². The molecule has 0 radical (unpaired) electrons. The second kappa shape index (κ2) is 7.43. The second-order valence-electron chi connectivity index (χ2n) is 6.25. The highest BCUT2D eigenvalue weighted by molar-refractivity contribution is 5.58. The summed E-state index contributed by atoms with van der Waals surface area (Å²) in [5, 5.41) is 7.70. The zero-order valence-electron chi connectivity index (χ0n) is 15.5. The Kier molecular flexibility index (Phi) is 4.67. The Balaban J connectivity index is 1.63. The average molecular weight is 374 g/mol. The van der Waals surface area contributed by atoms with E-state index in [1.165, 1.54) is 9.36 Å². The number of aryl methyl sites for hydroxylation is 2. The molecule has 2 aromatic heterocycles. The number of tetrazole rings is 1. The molecule has 0 aliphatic carbocycles. The van der Waals surface area contributed by atoms with Crippen LogP contribution in [-0.2, 0) is 13.7 Å². The Hall–Kier alpha value is -3.81. The third-order valence-electron chi connectivity index (χ3n) is 4.38. The van der Waals surface area contributed by atoms with Gasteiger partial charge in [0, 0.05) is 24.4 Å². The van der Waals surface area contributed by atoms with E-state index in [1.54, 1.807) is 13.2 Å². The van der Waals surface area contributed by atoms with E-state index >= 15 is 0 Å². The molecule has 0 spiro atoms. The lowest BCUT2D eigenvalue weighted by molar-refractivity contribution is 0.280. The van der Waals surface area contributed by atoms with E-state index in [1.807, 2.05) is 61.5 Å². The van der Waals surface area contributed by atoms with Crippen molar-refractivity contribution >= 4 is 0 Å². The third kappa shape index (κ3) is 3.39. The van der Waals surface area contributed by atoms with Crippen LogP contribution in [0.2, 0.25) is 0 Å². The van der Waals surface area contributed by atoms with Crippen LogP contribution in [0.1, 0.15) is 11.1 Å². The summed E-state index contributed by atoms with van der Waals surface area (Å²) < 4.78 is 8.29. The van der Waals surface area contributed by atoms with Crippen LogP contribution in [0.25, 0.3) is 16.9 Å². The molecule has 8 heteroatoms. The number of aromatic nitrogens is 6. The number of hydrogen-bond donors (Lipinski definition) is 0. The Labute approximate surface area is 161 Å². The molecule has 28 heavy (non-hydrogen) atoms. The Morgan fingerprint density at radius 1 is 1.00 bits per heavy atom. The zero-order chi connectivity index (χ0) is 19.5. The van der Waals surface area contributed by atoms with Crippen LogP contribution < -0.4 is 10.4 Å². The number of nitrogens with zero attached hydrogens (tertiary/aromatic N) is 6. The van der Waals surface area contributed by atoms with Gasteiger partial charge in [-0.15, -0.1) is 0 Å². The highest BCUT2D eigenvalue weighted by Gasteiger charge is 2.14. The fourth-order valence-electron chi connectivity index (χ4n) is 2.85. The molecule has 0 N–H and O–H groups in total. The lowest BCUT2D eigenvalue weighted by Crippen LogP contribution is -2.23. The molecule has 0 saturated carbocycles. The maximum absolute atomic E-state index is 12.2. The lowest BCUT2D eigenvalue weighted by atomic mass is 10.1. The smallest absolute Gasteiger partial charge is 0.368 e. The summed E-state index contributed by atoms with van der Waals surface area (Å²) in [6.07, 6.45) is 1.66. The van der Waals surface area contributed by atoms with Crippen molar-refractivity contribution in [2.24, 2.45) is 7.05 Å². The van der Waals surface area contributed by atoms with Gasteiger partial charge < -0.3 is 4.74 Å². The summed E-state index contributed by atoms with van der Waals surface area (Å²) in [6, 6.07) is 17.5. The van der Waals surface area contributed by atoms with E-state index in [0.29, 0.717) is 5.69 Å². The summed E-state index contributed by atoms with van der Waals surface area (Å²) >= 11 is 0. The number of rotatable bonds is 5. The maximum atomic E-state index is 12.2. The molecule has 4 rings (SSSR count). The van der Waals surface area contributed by atoms with E-state index < -0.39 is 0 Å². The first-order chi connectivity index (χ1) is 13.6. The third-order valence-corrected chi connectivity index (χ3v) is 4.38. The molecular weight excluding hydrogens is 356 g/mol. The molecule has 0 atom stereocenters. The fourth-order valence-corrected chi connectivity index (χ4v) is 2.85. The number of benzene rings is 2. The highest BCUT2D eigenvalue weighted by Crippen LogP contribution is 2.21. The summed E-state index contributed by atoms with van der Waals surface area (Å²) in [7, 11) is 1.56. The van der Waals surface area contributed by atoms with Gasteiger partial charge in [-0.05, 0) is 35.0 Å². The van der Waals surface area contributed by atoms with Gasteiger partial charge in [0.2, 0.25) is 0 Å². The molecule has 140 valence electrons. The van der Waals surface area contributed by atoms with E-state index in [2.05, 4.69) is 20.4 Å². The van der Waals surface area contributed by atoms with Crippen molar-refractivity contribution in [1.82, 2.24) is 29.8 Å². The Morgan fingerprint density at radius 2 is 1.82 bits per heavy atom. The highest BCUT2D eigenvalue weighted by atomic mass is 16.5. The van der Waals surface area contributed by atoms with E-state index in [9.17, 15) is 4.79 Å².